The van der Waals surface area contributed by atoms with Crippen LogP contribution in [0.4, 0.5) is 0 Å². The zero-order chi connectivity index (χ0) is 29.2. The van der Waals surface area contributed by atoms with Crippen LogP contribution >= 0.6 is 0 Å². The highest BCUT2D eigenvalue weighted by molar-refractivity contribution is 7.80. The summed E-state index contributed by atoms with van der Waals surface area (Å²) >= 11 is 0. The van der Waals surface area contributed by atoms with Gasteiger partial charge < -0.3 is 20.5 Å². The minimum Gasteiger partial charge on any atom is -0.726 e. The summed E-state index contributed by atoms with van der Waals surface area (Å²) in [7, 11) is -4.48. The Morgan fingerprint density at radius 3 is 1.49 bits per heavy atom. The van der Waals surface area contributed by atoms with E-state index >= 15 is 0 Å². The highest BCUT2D eigenvalue weighted by Gasteiger charge is 2.26. The van der Waals surface area contributed by atoms with Crippen molar-refractivity contribution in [3.8, 4) is 0 Å². The maximum Gasteiger partial charge on any atom is 0.217 e. The predicted octanol–water partition coefficient (Wildman–Crippen LogP) is 5.87. The van der Waals surface area contributed by atoms with E-state index in [1.165, 1.54) is 101 Å². The zero-order valence-corrected chi connectivity index (χ0v) is 25.8. The van der Waals surface area contributed by atoms with E-state index in [9.17, 15) is 23.2 Å². The van der Waals surface area contributed by atoms with Crippen LogP contribution in [0.3, 0.4) is 0 Å². The van der Waals surface area contributed by atoms with E-state index in [4.69, 9.17) is 0 Å². The molecule has 39 heavy (non-hydrogen) atoms. The molecule has 0 atom stereocenters. The van der Waals surface area contributed by atoms with Crippen molar-refractivity contribution in [2.75, 3.05) is 19.8 Å². The quantitative estimate of drug-likeness (QED) is 0.0804. The van der Waals surface area contributed by atoms with Gasteiger partial charge in [-0.25, -0.2) is 8.42 Å². The second kappa shape index (κ2) is 24.7. The number of quaternary nitrogens is 1. The minimum atomic E-state index is -4.48. The summed E-state index contributed by atoms with van der Waals surface area (Å²) in [5, 5.41) is 18.5. The first-order chi connectivity index (χ1) is 18.7. The molecule has 0 bridgehead atoms. The van der Waals surface area contributed by atoms with Crippen LogP contribution in [0.1, 0.15) is 134 Å². The second-order valence-corrected chi connectivity index (χ2v) is 12.1. The van der Waals surface area contributed by atoms with Crippen molar-refractivity contribution in [1.29, 1.82) is 0 Å². The molecule has 7 nitrogen and oxygen atoms in total. The van der Waals surface area contributed by atoms with Crippen molar-refractivity contribution in [1.82, 2.24) is 0 Å². The molecule has 230 valence electrons. The van der Waals surface area contributed by atoms with Crippen LogP contribution in [0.5, 0.6) is 0 Å². The lowest BCUT2D eigenvalue weighted by Crippen LogP contribution is -2.76. The molecule has 0 aliphatic rings. The number of rotatable bonds is 24. The summed E-state index contributed by atoms with van der Waals surface area (Å²) < 4.78 is 34.5. The highest BCUT2D eigenvalue weighted by Crippen LogP contribution is 2.14. The molecule has 0 saturated heterocycles. The van der Waals surface area contributed by atoms with E-state index in [0.29, 0.717) is 12.8 Å². The van der Waals surface area contributed by atoms with E-state index in [1.54, 1.807) is 0 Å². The maximum atomic E-state index is 10.1. The Morgan fingerprint density at radius 1 is 0.692 bits per heavy atom. The summed E-state index contributed by atoms with van der Waals surface area (Å²) in [5.41, 5.74) is 5.95. The predicted molar refractivity (Wildman–Crippen MR) is 159 cm³/mol. The van der Waals surface area contributed by atoms with Gasteiger partial charge in [0.25, 0.3) is 0 Å². The van der Waals surface area contributed by atoms with Gasteiger partial charge in [-0.1, -0.05) is 128 Å². The number of aliphatic hydroxyl groups is 2. The lowest BCUT2D eigenvalue weighted by atomic mass is 9.93. The Balaban J connectivity index is 0.000000768. The molecule has 0 unspecified atom stereocenters. The van der Waals surface area contributed by atoms with Gasteiger partial charge in [-0.05, 0) is 36.8 Å². The third kappa shape index (κ3) is 24.5. The van der Waals surface area contributed by atoms with Gasteiger partial charge in [0.15, 0.2) is 0 Å². The van der Waals surface area contributed by atoms with Crippen LogP contribution in [0, 0.1) is 0 Å². The highest BCUT2D eigenvalue weighted by atomic mass is 32.3. The third-order valence-electron chi connectivity index (χ3n) is 7.18. The molecule has 0 saturated carbocycles. The van der Waals surface area contributed by atoms with Crippen molar-refractivity contribution in [2.45, 2.75) is 141 Å². The Kier molecular flexibility index (Phi) is 24.1. The Bertz CT molecular complexity index is 766. The molecular weight excluding hydrogens is 514 g/mol. The first-order valence-corrected chi connectivity index (χ1v) is 16.8. The topological polar surface area (TPSA) is 135 Å². The summed E-state index contributed by atoms with van der Waals surface area (Å²) in [6, 6.07) is 8.76. The van der Waals surface area contributed by atoms with E-state index in [0.717, 1.165) is 19.3 Å². The molecule has 0 aliphatic heterocycles. The van der Waals surface area contributed by atoms with Gasteiger partial charge in [-0.2, -0.15) is 0 Å². The number of aliphatic hydroxyl groups excluding tert-OH is 2. The van der Waals surface area contributed by atoms with E-state index in [2.05, 4.69) is 48.0 Å². The van der Waals surface area contributed by atoms with Gasteiger partial charge in [-0.3, -0.25) is 4.18 Å². The summed E-state index contributed by atoms with van der Waals surface area (Å²) in [6.45, 7) is 4.35. The van der Waals surface area contributed by atoms with Crippen LogP contribution in [0.2, 0.25) is 0 Å². The number of benzene rings is 1. The Hall–Kier alpha value is -1.03. The van der Waals surface area contributed by atoms with Crippen molar-refractivity contribution in [3.05, 3.63) is 35.4 Å². The molecule has 0 radical (unpaired) electrons. The average molecular weight is 574 g/mol. The first kappa shape index (κ1) is 38.0. The molecule has 0 fully saturated rings. The second-order valence-electron chi connectivity index (χ2n) is 11.1. The molecule has 0 aromatic heterocycles. The van der Waals surface area contributed by atoms with Gasteiger partial charge in [0, 0.05) is 6.42 Å². The molecule has 1 aromatic carbocycles. The fourth-order valence-electron chi connectivity index (χ4n) is 4.35. The molecule has 5 N–H and O–H groups in total. The van der Waals surface area contributed by atoms with E-state index in [1.807, 2.05) is 0 Å². The standard InChI is InChI=1S/C19H33NO2.C12H26O4S/c1-2-3-4-5-6-7-8-17-9-11-18(12-10-17)13-14-19(20,15-21)16-22;1-2-3-4-5-6-7-8-9-10-11-12-16-17(13,14)15/h9-12,21-22H,2-8,13-16,20H2,1H3;2-12H2,1H3,(H,13,14,15). The number of aryl methyl sites for hydroxylation is 2. The van der Waals surface area contributed by atoms with E-state index in [-0.39, 0.29) is 19.8 Å². The van der Waals surface area contributed by atoms with Crippen LogP contribution in [0.25, 0.3) is 0 Å². The molecular formula is C31H59NO6S. The molecule has 0 spiro atoms. The van der Waals surface area contributed by atoms with Crippen LogP contribution in [-0.4, -0.2) is 48.5 Å². The van der Waals surface area contributed by atoms with Crippen LogP contribution in [-0.2, 0) is 27.4 Å². The molecule has 0 aliphatic carbocycles. The Morgan fingerprint density at radius 2 is 1.08 bits per heavy atom. The van der Waals surface area contributed by atoms with E-state index < -0.39 is 15.9 Å². The minimum absolute atomic E-state index is 0.0301. The van der Waals surface area contributed by atoms with Gasteiger partial charge >= 0.3 is 0 Å². The summed E-state index contributed by atoms with van der Waals surface area (Å²) in [4.78, 5) is 0. The normalized spacial score (nSPS) is 11.8. The number of hydrogen-bond acceptors (Lipinski definition) is 6. The van der Waals surface area contributed by atoms with Crippen molar-refractivity contribution in [2.24, 2.45) is 0 Å². The summed E-state index contributed by atoms with van der Waals surface area (Å²) in [6.07, 6.45) is 22.4. The smallest absolute Gasteiger partial charge is 0.217 e. The van der Waals surface area contributed by atoms with Crippen LogP contribution < -0.4 is 5.73 Å². The monoisotopic (exact) mass is 573 g/mol. The van der Waals surface area contributed by atoms with Crippen LogP contribution in [0.15, 0.2) is 24.3 Å². The molecule has 1 rings (SSSR count). The fourth-order valence-corrected chi connectivity index (χ4v) is 4.67. The number of unbranched alkanes of at least 4 members (excludes halogenated alkanes) is 14. The average Bonchev–Trinajstić information content (AvgIpc) is 2.92. The zero-order valence-electron chi connectivity index (χ0n) is 25.0. The lowest BCUT2D eigenvalue weighted by molar-refractivity contribution is -0.491. The van der Waals surface area contributed by atoms with Crippen molar-refractivity contribution >= 4 is 10.4 Å². The molecule has 0 heterocycles. The molecule has 0 amide bonds. The SMILES string of the molecule is CCCCCCCCCCCCOS(=O)(=O)[O-].CCCCCCCCc1ccc(CCC([NH3+])(CO)CO)cc1. The van der Waals surface area contributed by atoms with Crippen molar-refractivity contribution in [3.63, 3.8) is 0 Å². The lowest BCUT2D eigenvalue weighted by Gasteiger charge is -2.20. The maximum absolute atomic E-state index is 10.1. The first-order valence-electron chi connectivity index (χ1n) is 15.4. The molecule has 8 heteroatoms. The van der Waals surface area contributed by atoms with Crippen molar-refractivity contribution < 1.29 is 33.1 Å². The largest absolute Gasteiger partial charge is 0.726 e. The van der Waals surface area contributed by atoms with Gasteiger partial charge in [0.05, 0.1) is 6.61 Å². The van der Waals surface area contributed by atoms with Gasteiger partial charge in [0.2, 0.25) is 10.4 Å². The Labute approximate surface area is 239 Å². The van der Waals surface area contributed by atoms with Gasteiger partial charge in [-0.15, -0.1) is 0 Å². The summed E-state index contributed by atoms with van der Waals surface area (Å²) in [5.74, 6) is 0. The molecule has 1 aromatic rings. The fraction of sp³-hybridized carbons (Fsp3) is 0.806. The number of hydrogen-bond donors (Lipinski definition) is 3. The van der Waals surface area contributed by atoms with Gasteiger partial charge in [0.1, 0.15) is 18.8 Å². The third-order valence-corrected chi connectivity index (χ3v) is 7.64.